The number of halogens is 1. The van der Waals surface area contributed by atoms with Gasteiger partial charge in [0.25, 0.3) is 0 Å². The molecule has 0 heterocycles. The minimum atomic E-state index is -0.0181. The van der Waals surface area contributed by atoms with Crippen molar-refractivity contribution in [3.8, 4) is 0 Å². The predicted molar refractivity (Wildman–Crippen MR) is 75.5 cm³/mol. The molecular weight excluding hydrogens is 244 g/mol. The van der Waals surface area contributed by atoms with E-state index >= 15 is 0 Å². The fourth-order valence-corrected chi connectivity index (χ4v) is 2.30. The zero-order valence-corrected chi connectivity index (χ0v) is 11.5. The monoisotopic (exact) mass is 258 g/mol. The van der Waals surface area contributed by atoms with Crippen molar-refractivity contribution in [2.24, 2.45) is 0 Å². The minimum absolute atomic E-state index is 0.0181. The van der Waals surface area contributed by atoms with Crippen molar-refractivity contribution in [1.82, 2.24) is 0 Å². The highest BCUT2D eigenvalue weighted by Gasteiger charge is 2.14. The zero-order valence-electron chi connectivity index (χ0n) is 10.8. The molecule has 0 atom stereocenters. The van der Waals surface area contributed by atoms with E-state index in [-0.39, 0.29) is 5.78 Å². The lowest BCUT2D eigenvalue weighted by molar-refractivity contribution is 0.103. The summed E-state index contributed by atoms with van der Waals surface area (Å²) >= 11 is 6.20. The Labute approximate surface area is 112 Å². The molecule has 0 aliphatic carbocycles. The van der Waals surface area contributed by atoms with Crippen molar-refractivity contribution in [3.63, 3.8) is 0 Å². The van der Waals surface area contributed by atoms with Crippen LogP contribution in [-0.2, 0) is 0 Å². The van der Waals surface area contributed by atoms with Gasteiger partial charge in [0.1, 0.15) is 0 Å². The Morgan fingerprint density at radius 3 is 2.22 bits per heavy atom. The highest BCUT2D eigenvalue weighted by atomic mass is 35.5. The number of ketones is 1. The first-order valence-electron chi connectivity index (χ1n) is 5.87. The molecule has 0 aromatic heterocycles. The molecule has 0 aliphatic heterocycles. The SMILES string of the molecule is Cc1cc(C)cc(C(=O)c2cccc(C)c2Cl)c1. The van der Waals surface area contributed by atoms with Gasteiger partial charge >= 0.3 is 0 Å². The van der Waals surface area contributed by atoms with Crippen LogP contribution in [0.1, 0.15) is 32.6 Å². The maximum absolute atomic E-state index is 12.4. The van der Waals surface area contributed by atoms with Crippen molar-refractivity contribution in [2.45, 2.75) is 20.8 Å². The normalized spacial score (nSPS) is 10.4. The molecule has 1 nitrogen and oxygen atoms in total. The van der Waals surface area contributed by atoms with E-state index in [1.54, 1.807) is 6.07 Å². The molecule has 0 bridgehead atoms. The summed E-state index contributed by atoms with van der Waals surface area (Å²) in [5.41, 5.74) is 4.36. The molecule has 0 aliphatic rings. The summed E-state index contributed by atoms with van der Waals surface area (Å²) in [6.07, 6.45) is 0. The maximum atomic E-state index is 12.4. The number of hydrogen-bond donors (Lipinski definition) is 0. The van der Waals surface area contributed by atoms with Crippen molar-refractivity contribution in [1.29, 1.82) is 0 Å². The number of carbonyl (C=O) groups is 1. The van der Waals surface area contributed by atoms with Gasteiger partial charge in [-0.05, 0) is 44.5 Å². The molecule has 92 valence electrons. The van der Waals surface area contributed by atoms with Crippen LogP contribution in [0.2, 0.25) is 5.02 Å². The number of carbonyl (C=O) groups excluding carboxylic acids is 1. The van der Waals surface area contributed by atoms with E-state index < -0.39 is 0 Å². The number of rotatable bonds is 2. The Balaban J connectivity index is 2.51. The van der Waals surface area contributed by atoms with Crippen LogP contribution >= 0.6 is 11.6 Å². The fraction of sp³-hybridized carbons (Fsp3) is 0.188. The van der Waals surface area contributed by atoms with Crippen LogP contribution in [0.25, 0.3) is 0 Å². The second kappa shape index (κ2) is 4.95. The van der Waals surface area contributed by atoms with Crippen LogP contribution in [0.5, 0.6) is 0 Å². The lowest BCUT2D eigenvalue weighted by Gasteiger charge is -2.07. The lowest BCUT2D eigenvalue weighted by atomic mass is 9.98. The average molecular weight is 259 g/mol. The van der Waals surface area contributed by atoms with Gasteiger partial charge in [-0.3, -0.25) is 4.79 Å². The van der Waals surface area contributed by atoms with Crippen LogP contribution in [0.4, 0.5) is 0 Å². The van der Waals surface area contributed by atoms with Crippen molar-refractivity contribution >= 4 is 17.4 Å². The molecule has 0 fully saturated rings. The smallest absolute Gasteiger partial charge is 0.194 e. The first kappa shape index (κ1) is 12.8. The maximum Gasteiger partial charge on any atom is 0.194 e. The Hall–Kier alpha value is -1.60. The van der Waals surface area contributed by atoms with Crippen LogP contribution < -0.4 is 0 Å². The molecule has 0 amide bonds. The summed E-state index contributed by atoms with van der Waals surface area (Å²) in [7, 11) is 0. The number of hydrogen-bond acceptors (Lipinski definition) is 1. The quantitative estimate of drug-likeness (QED) is 0.725. The van der Waals surface area contributed by atoms with Crippen LogP contribution in [0, 0.1) is 20.8 Å². The van der Waals surface area contributed by atoms with Crippen molar-refractivity contribution in [2.75, 3.05) is 0 Å². The van der Waals surface area contributed by atoms with Crippen LogP contribution in [-0.4, -0.2) is 5.78 Å². The van der Waals surface area contributed by atoms with Gasteiger partial charge in [-0.1, -0.05) is 40.9 Å². The van der Waals surface area contributed by atoms with Gasteiger partial charge in [0, 0.05) is 11.1 Å². The summed E-state index contributed by atoms with van der Waals surface area (Å²) in [5, 5.41) is 0.543. The van der Waals surface area contributed by atoms with Gasteiger partial charge in [0.2, 0.25) is 0 Å². The second-order valence-electron chi connectivity index (χ2n) is 4.64. The lowest BCUT2D eigenvalue weighted by Crippen LogP contribution is -2.03. The van der Waals surface area contributed by atoms with Crippen LogP contribution in [0.3, 0.4) is 0 Å². The second-order valence-corrected chi connectivity index (χ2v) is 5.02. The van der Waals surface area contributed by atoms with Crippen molar-refractivity contribution < 1.29 is 4.79 Å². The first-order valence-corrected chi connectivity index (χ1v) is 6.25. The number of aryl methyl sites for hydroxylation is 3. The van der Waals surface area contributed by atoms with Crippen LogP contribution in [0.15, 0.2) is 36.4 Å². The topological polar surface area (TPSA) is 17.1 Å². The van der Waals surface area contributed by atoms with Gasteiger partial charge in [-0.25, -0.2) is 0 Å². The zero-order chi connectivity index (χ0) is 13.3. The van der Waals surface area contributed by atoms with E-state index in [0.717, 1.165) is 16.7 Å². The summed E-state index contributed by atoms with van der Waals surface area (Å²) in [6.45, 7) is 5.88. The third-order valence-corrected chi connectivity index (χ3v) is 3.42. The van der Waals surface area contributed by atoms with E-state index in [2.05, 4.69) is 6.07 Å². The van der Waals surface area contributed by atoms with E-state index in [1.165, 1.54) is 0 Å². The fourth-order valence-electron chi connectivity index (χ4n) is 2.08. The average Bonchev–Trinajstić information content (AvgIpc) is 2.30. The van der Waals surface area contributed by atoms with E-state index in [1.807, 2.05) is 45.0 Å². The Morgan fingerprint density at radius 1 is 1.00 bits per heavy atom. The molecule has 0 unspecified atom stereocenters. The van der Waals surface area contributed by atoms with Gasteiger partial charge in [-0.15, -0.1) is 0 Å². The van der Waals surface area contributed by atoms with Gasteiger partial charge in [0.05, 0.1) is 5.02 Å². The summed E-state index contributed by atoms with van der Waals surface area (Å²) in [6, 6.07) is 11.4. The minimum Gasteiger partial charge on any atom is -0.289 e. The standard InChI is InChI=1S/C16H15ClO/c1-10-7-11(2)9-13(8-10)16(18)14-6-4-5-12(3)15(14)17/h4-9H,1-3H3. The third kappa shape index (κ3) is 2.46. The molecule has 2 aromatic rings. The summed E-state index contributed by atoms with van der Waals surface area (Å²) in [5.74, 6) is -0.0181. The largest absolute Gasteiger partial charge is 0.289 e. The molecule has 0 saturated carbocycles. The Morgan fingerprint density at radius 2 is 1.61 bits per heavy atom. The molecule has 2 rings (SSSR count). The highest BCUT2D eigenvalue weighted by Crippen LogP contribution is 2.23. The summed E-state index contributed by atoms with van der Waals surface area (Å²) < 4.78 is 0. The first-order chi connectivity index (χ1) is 8.49. The van der Waals surface area contributed by atoms with Gasteiger partial charge < -0.3 is 0 Å². The van der Waals surface area contributed by atoms with Gasteiger partial charge in [-0.2, -0.15) is 0 Å². The molecular formula is C16H15ClO. The molecule has 18 heavy (non-hydrogen) atoms. The van der Waals surface area contributed by atoms with E-state index in [0.29, 0.717) is 16.1 Å². The third-order valence-electron chi connectivity index (χ3n) is 2.92. The van der Waals surface area contributed by atoms with E-state index in [9.17, 15) is 4.79 Å². The van der Waals surface area contributed by atoms with E-state index in [4.69, 9.17) is 11.6 Å². The Kier molecular flexibility index (Phi) is 3.53. The molecule has 0 radical (unpaired) electrons. The molecule has 0 spiro atoms. The summed E-state index contributed by atoms with van der Waals surface area (Å²) in [4.78, 5) is 12.4. The number of benzene rings is 2. The highest BCUT2D eigenvalue weighted by molar-refractivity contribution is 6.35. The van der Waals surface area contributed by atoms with Crippen molar-refractivity contribution in [3.05, 3.63) is 69.2 Å². The molecule has 0 saturated heterocycles. The Bertz CT molecular complexity index is 594. The molecule has 2 aromatic carbocycles. The van der Waals surface area contributed by atoms with Gasteiger partial charge in [0.15, 0.2) is 5.78 Å². The molecule has 0 N–H and O–H groups in total. The molecule has 2 heteroatoms. The predicted octanol–water partition coefficient (Wildman–Crippen LogP) is 4.50.